The third-order valence-electron chi connectivity index (χ3n) is 6.41. The molecule has 0 saturated carbocycles. The van der Waals surface area contributed by atoms with E-state index in [4.69, 9.17) is 14.2 Å². The second-order valence-electron chi connectivity index (χ2n) is 8.94. The molecule has 3 aromatic carbocycles. The van der Waals surface area contributed by atoms with Crippen molar-refractivity contribution in [3.8, 4) is 23.0 Å². The molecule has 0 aromatic heterocycles. The number of rotatable bonds is 6. The van der Waals surface area contributed by atoms with Crippen LogP contribution >= 0.6 is 15.9 Å². The summed E-state index contributed by atoms with van der Waals surface area (Å²) in [7, 11) is 3.34. The maximum atomic E-state index is 13.7. The third kappa shape index (κ3) is 5.44. The number of ketones is 1. The normalized spacial score (nSPS) is 14.2. The summed E-state index contributed by atoms with van der Waals surface area (Å²) < 4.78 is 58.7. The number of carbonyl (C=O) groups excluding carboxylic acids is 2. The lowest BCUT2D eigenvalue weighted by Gasteiger charge is -2.20. The predicted octanol–water partition coefficient (Wildman–Crippen LogP) is 6.05. The fourth-order valence-electron chi connectivity index (χ4n) is 4.51. The minimum Gasteiger partial charge on any atom is -0.492 e. The van der Waals surface area contributed by atoms with E-state index in [1.165, 1.54) is 25.3 Å². The van der Waals surface area contributed by atoms with Crippen LogP contribution in [0.3, 0.4) is 0 Å². The largest absolute Gasteiger partial charge is 0.573 e. The number of ether oxygens (including phenoxy) is 4. The van der Waals surface area contributed by atoms with Crippen molar-refractivity contribution in [3.05, 3.63) is 81.0 Å². The second kappa shape index (κ2) is 10.8. The highest BCUT2D eigenvalue weighted by molar-refractivity contribution is 9.10. The summed E-state index contributed by atoms with van der Waals surface area (Å²) in [6, 6.07) is 10.9. The highest BCUT2D eigenvalue weighted by Gasteiger charge is 2.32. The Bertz CT molecular complexity index is 1520. The average Bonchev–Trinajstić information content (AvgIpc) is 3.34. The Balaban J connectivity index is 1.41. The van der Waals surface area contributed by atoms with Gasteiger partial charge in [0.15, 0.2) is 11.5 Å². The number of anilines is 1. The van der Waals surface area contributed by atoms with Crippen LogP contribution < -0.4 is 24.3 Å². The lowest BCUT2D eigenvalue weighted by Crippen LogP contribution is -2.24. The van der Waals surface area contributed by atoms with Crippen molar-refractivity contribution in [3.63, 3.8) is 0 Å². The zero-order chi connectivity index (χ0) is 28.6. The Kier molecular flexibility index (Phi) is 7.37. The first-order valence-corrected chi connectivity index (χ1v) is 12.8. The topological polar surface area (TPSA) is 86.3 Å². The molecule has 0 bridgehead atoms. The molecule has 0 fully saturated rings. The molecule has 208 valence electrons. The zero-order valence-corrected chi connectivity index (χ0v) is 22.8. The van der Waals surface area contributed by atoms with Crippen molar-refractivity contribution in [1.82, 2.24) is 4.90 Å². The molecule has 0 radical (unpaired) electrons. The van der Waals surface area contributed by atoms with Crippen molar-refractivity contribution >= 4 is 39.4 Å². The third-order valence-corrected chi connectivity index (χ3v) is 7.25. The molecule has 1 N–H and O–H groups in total. The molecular formula is C28H22BrF3N2O6. The van der Waals surface area contributed by atoms with Crippen LogP contribution in [0.25, 0.3) is 6.08 Å². The molecule has 2 heterocycles. The SMILES string of the molecule is COc1c2c(c(Br)c3c1OCO3)CCN(C)C(C(=O)c1cccc(NC(=O)c3ccc(OC(F)(F)F)cc3)c1)=C2. The van der Waals surface area contributed by atoms with Gasteiger partial charge in [-0.1, -0.05) is 12.1 Å². The van der Waals surface area contributed by atoms with E-state index in [1.807, 2.05) is 11.9 Å². The van der Waals surface area contributed by atoms with E-state index in [-0.39, 0.29) is 18.1 Å². The number of likely N-dealkylation sites (N-methyl/N-ethyl adjacent to an activating group) is 1. The van der Waals surface area contributed by atoms with Gasteiger partial charge in [0.05, 0.1) is 17.3 Å². The summed E-state index contributed by atoms with van der Waals surface area (Å²) in [6.45, 7) is 0.600. The fourth-order valence-corrected chi connectivity index (χ4v) is 5.21. The van der Waals surface area contributed by atoms with Gasteiger partial charge < -0.3 is 29.2 Å². The highest BCUT2D eigenvalue weighted by atomic mass is 79.9. The number of methoxy groups -OCH3 is 1. The summed E-state index contributed by atoms with van der Waals surface area (Å²) in [6.07, 6.45) is -2.47. The minimum absolute atomic E-state index is 0.0621. The number of hydrogen-bond donors (Lipinski definition) is 1. The van der Waals surface area contributed by atoms with E-state index >= 15 is 0 Å². The Hall–Kier alpha value is -4.19. The van der Waals surface area contributed by atoms with E-state index in [1.54, 1.807) is 24.3 Å². The van der Waals surface area contributed by atoms with Crippen LogP contribution in [0.4, 0.5) is 18.9 Å². The molecule has 0 atom stereocenters. The first-order chi connectivity index (χ1) is 19.1. The zero-order valence-electron chi connectivity index (χ0n) is 21.2. The van der Waals surface area contributed by atoms with Crippen molar-refractivity contribution in [2.75, 3.05) is 32.8 Å². The van der Waals surface area contributed by atoms with Crippen molar-refractivity contribution in [2.24, 2.45) is 0 Å². The lowest BCUT2D eigenvalue weighted by molar-refractivity contribution is -0.274. The van der Waals surface area contributed by atoms with Crippen LogP contribution in [-0.4, -0.2) is 50.4 Å². The van der Waals surface area contributed by atoms with Gasteiger partial charge in [-0.3, -0.25) is 9.59 Å². The van der Waals surface area contributed by atoms with Gasteiger partial charge in [0, 0.05) is 36.0 Å². The van der Waals surface area contributed by atoms with Crippen LogP contribution in [0.5, 0.6) is 23.0 Å². The number of allylic oxidation sites excluding steroid dienone is 1. The minimum atomic E-state index is -4.83. The first kappa shape index (κ1) is 27.4. The van der Waals surface area contributed by atoms with Gasteiger partial charge in [-0.2, -0.15) is 0 Å². The summed E-state index contributed by atoms with van der Waals surface area (Å²) in [4.78, 5) is 28.3. The second-order valence-corrected chi connectivity index (χ2v) is 9.73. The number of amides is 1. The maximum absolute atomic E-state index is 13.7. The molecule has 0 unspecified atom stereocenters. The van der Waals surface area contributed by atoms with E-state index in [0.29, 0.717) is 52.7 Å². The van der Waals surface area contributed by atoms with Gasteiger partial charge in [0.25, 0.3) is 5.91 Å². The van der Waals surface area contributed by atoms with E-state index in [9.17, 15) is 22.8 Å². The molecular weight excluding hydrogens is 597 g/mol. The fraction of sp³-hybridized carbons (Fsp3) is 0.214. The predicted molar refractivity (Wildman–Crippen MR) is 143 cm³/mol. The standard InChI is InChI=1S/C28H22BrF3N2O6/c1-34-11-10-19-20(24(37-2)26-25(22(19)29)38-14-39-26)13-21(34)23(35)16-4-3-5-17(12-16)33-27(36)15-6-8-18(9-7-15)40-28(30,31)32/h3-9,12-13H,10-11,14H2,1-2H3,(H,33,36). The molecule has 0 saturated heterocycles. The van der Waals surface area contributed by atoms with Gasteiger partial charge in [0.2, 0.25) is 18.3 Å². The number of Topliss-reactive ketones (excluding diaryl/α,β-unsaturated/α-hetero) is 1. The molecule has 2 aliphatic heterocycles. The molecule has 1 amide bonds. The summed E-state index contributed by atoms with van der Waals surface area (Å²) in [5.74, 6) is 0.214. The summed E-state index contributed by atoms with van der Waals surface area (Å²) in [5.41, 5.74) is 2.81. The van der Waals surface area contributed by atoms with Crippen molar-refractivity contribution < 1.29 is 41.7 Å². The molecule has 3 aromatic rings. The van der Waals surface area contributed by atoms with Crippen LogP contribution in [0, 0.1) is 0 Å². The number of nitrogens with zero attached hydrogens (tertiary/aromatic N) is 1. The average molecular weight is 619 g/mol. The van der Waals surface area contributed by atoms with E-state index in [0.717, 1.165) is 22.2 Å². The molecule has 5 rings (SSSR count). The summed E-state index contributed by atoms with van der Waals surface area (Å²) >= 11 is 3.62. The number of benzene rings is 3. The first-order valence-electron chi connectivity index (χ1n) is 12.0. The number of halogens is 4. The molecule has 40 heavy (non-hydrogen) atoms. The van der Waals surface area contributed by atoms with Gasteiger partial charge in [-0.05, 0) is 70.4 Å². The van der Waals surface area contributed by atoms with Crippen LogP contribution in [0.15, 0.2) is 58.7 Å². The lowest BCUT2D eigenvalue weighted by atomic mass is 10.0. The quantitative estimate of drug-likeness (QED) is 0.337. The van der Waals surface area contributed by atoms with Crippen LogP contribution in [0.2, 0.25) is 0 Å². The maximum Gasteiger partial charge on any atom is 0.573 e. The Morgan fingerprint density at radius 2 is 1.77 bits per heavy atom. The molecule has 0 spiro atoms. The number of alkyl halides is 3. The van der Waals surface area contributed by atoms with E-state index < -0.39 is 18.0 Å². The summed E-state index contributed by atoms with van der Waals surface area (Å²) in [5, 5.41) is 2.67. The number of hydrogen-bond acceptors (Lipinski definition) is 7. The van der Waals surface area contributed by atoms with Crippen LogP contribution in [0.1, 0.15) is 31.8 Å². The Morgan fingerprint density at radius 1 is 1.05 bits per heavy atom. The van der Waals surface area contributed by atoms with Gasteiger partial charge in [-0.15, -0.1) is 13.2 Å². The number of nitrogens with one attached hydrogen (secondary N) is 1. The molecule has 8 nitrogen and oxygen atoms in total. The molecule has 12 heteroatoms. The smallest absolute Gasteiger partial charge is 0.492 e. The monoisotopic (exact) mass is 618 g/mol. The highest BCUT2D eigenvalue weighted by Crippen LogP contribution is 2.51. The number of carbonyl (C=O) groups is 2. The molecule has 0 aliphatic carbocycles. The molecule has 2 aliphatic rings. The number of fused-ring (bicyclic) bond motifs is 2. The van der Waals surface area contributed by atoms with E-state index in [2.05, 4.69) is 26.0 Å². The van der Waals surface area contributed by atoms with Crippen molar-refractivity contribution in [2.45, 2.75) is 12.8 Å². The van der Waals surface area contributed by atoms with Crippen molar-refractivity contribution in [1.29, 1.82) is 0 Å². The van der Waals surface area contributed by atoms with Crippen LogP contribution in [-0.2, 0) is 6.42 Å². The van der Waals surface area contributed by atoms with Gasteiger partial charge >= 0.3 is 6.36 Å². The van der Waals surface area contributed by atoms with Gasteiger partial charge in [0.1, 0.15) is 5.75 Å². The van der Waals surface area contributed by atoms with Gasteiger partial charge in [-0.25, -0.2) is 0 Å². The Morgan fingerprint density at radius 3 is 2.48 bits per heavy atom. The Labute approximate surface area is 235 Å².